The van der Waals surface area contributed by atoms with Crippen LogP contribution in [-0.2, 0) is 0 Å². The average molecular weight is 397 g/mol. The molecule has 1 aromatic carbocycles. The molecule has 146 valence electrons. The normalized spacial score (nSPS) is 24.1. The summed E-state index contributed by atoms with van der Waals surface area (Å²) in [6, 6.07) is 8.76. The number of nitrogens with one attached hydrogen (secondary N) is 1. The fourth-order valence-corrected chi connectivity index (χ4v) is 3.20. The largest absolute Gasteiger partial charge is 0.491 e. The summed E-state index contributed by atoms with van der Waals surface area (Å²) in [5.41, 5.74) is -0.265. The molecule has 1 fully saturated rings. The molecule has 1 aliphatic carbocycles. The average Bonchev–Trinajstić information content (AvgIpc) is 2.94. The smallest absolute Gasteiger partial charge is 0.251 e. The van der Waals surface area contributed by atoms with E-state index in [4.69, 9.17) is 4.74 Å². The van der Waals surface area contributed by atoms with E-state index in [1.165, 1.54) is 24.3 Å². The molecule has 3 N–H and O–H groups in total. The van der Waals surface area contributed by atoms with Gasteiger partial charge >= 0.3 is 0 Å². The van der Waals surface area contributed by atoms with Gasteiger partial charge in [0, 0.05) is 23.7 Å². The lowest BCUT2D eigenvalue weighted by Crippen LogP contribution is -2.40. The number of rotatable bonds is 6. The Labute approximate surface area is 162 Å². The number of hydrogen-bond donors (Lipinski definition) is 3. The molecule has 0 bridgehead atoms. The number of aromatic nitrogens is 1. The number of aliphatic hydroxyl groups is 2. The summed E-state index contributed by atoms with van der Waals surface area (Å²) in [7, 11) is 0. The maximum absolute atomic E-state index is 13.0. The second-order valence-corrected chi connectivity index (χ2v) is 6.71. The van der Waals surface area contributed by atoms with Crippen LogP contribution in [0.3, 0.4) is 0 Å². The second kappa shape index (κ2) is 9.12. The highest BCUT2D eigenvalue weighted by Crippen LogP contribution is 2.38. The Balaban J connectivity index is 0.00000261. The number of carbonyl (C=O) groups excluding carboxylic acids is 1. The quantitative estimate of drug-likeness (QED) is 0.694. The lowest BCUT2D eigenvalue weighted by Gasteiger charge is -2.29. The fourth-order valence-electron chi connectivity index (χ4n) is 3.20. The van der Waals surface area contributed by atoms with Crippen molar-refractivity contribution >= 4 is 18.3 Å². The van der Waals surface area contributed by atoms with Crippen molar-refractivity contribution < 1.29 is 24.1 Å². The minimum Gasteiger partial charge on any atom is -0.491 e. The number of pyridine rings is 1. The molecule has 6 nitrogen and oxygen atoms in total. The molecule has 1 aliphatic rings. The Morgan fingerprint density at radius 3 is 2.48 bits per heavy atom. The fraction of sp³-hybridized carbons (Fsp3) is 0.368. The van der Waals surface area contributed by atoms with E-state index < -0.39 is 23.4 Å². The van der Waals surface area contributed by atoms with Gasteiger partial charge in [-0.05, 0) is 49.2 Å². The molecule has 3 rings (SSSR count). The van der Waals surface area contributed by atoms with Crippen LogP contribution in [0.15, 0.2) is 48.8 Å². The molecule has 27 heavy (non-hydrogen) atoms. The van der Waals surface area contributed by atoms with Gasteiger partial charge in [-0.15, -0.1) is 12.4 Å². The van der Waals surface area contributed by atoms with Gasteiger partial charge < -0.3 is 20.3 Å². The molecule has 1 heterocycles. The van der Waals surface area contributed by atoms with E-state index in [2.05, 4.69) is 10.3 Å². The van der Waals surface area contributed by atoms with E-state index in [-0.39, 0.29) is 31.5 Å². The van der Waals surface area contributed by atoms with Crippen molar-refractivity contribution in [2.75, 3.05) is 13.2 Å². The summed E-state index contributed by atoms with van der Waals surface area (Å²) < 4.78 is 18.7. The van der Waals surface area contributed by atoms with Gasteiger partial charge in [-0.25, -0.2) is 4.39 Å². The van der Waals surface area contributed by atoms with Crippen LogP contribution in [0.25, 0.3) is 0 Å². The Kier molecular flexibility index (Phi) is 7.12. The number of halogens is 2. The van der Waals surface area contributed by atoms with Crippen LogP contribution < -0.4 is 10.1 Å². The molecule has 1 aromatic heterocycles. The van der Waals surface area contributed by atoms with Gasteiger partial charge in [0.25, 0.3) is 5.91 Å². The molecule has 0 saturated heterocycles. The van der Waals surface area contributed by atoms with Crippen molar-refractivity contribution in [2.24, 2.45) is 5.41 Å². The molecule has 0 radical (unpaired) electrons. The van der Waals surface area contributed by atoms with Crippen molar-refractivity contribution in [2.45, 2.75) is 25.0 Å². The standard InChI is InChI=1S/C19H21FN2O4.ClH/c20-14-5-3-13(4-6-14)18(25)22-11-19(8-16(23)17(24)9-19)12-26-15-2-1-7-21-10-15;/h1-7,10,16-17,23-24H,8-9,11-12H2,(H,22,25);1H/t16-,17+,19?;. The number of aliphatic hydroxyl groups excluding tert-OH is 2. The third-order valence-electron chi connectivity index (χ3n) is 4.64. The van der Waals surface area contributed by atoms with Gasteiger partial charge in [-0.1, -0.05) is 0 Å². The van der Waals surface area contributed by atoms with E-state index in [1.54, 1.807) is 24.5 Å². The lowest BCUT2D eigenvalue weighted by atomic mass is 9.86. The molecule has 1 unspecified atom stereocenters. The van der Waals surface area contributed by atoms with Gasteiger partial charge in [0.05, 0.1) is 25.0 Å². The highest BCUT2D eigenvalue weighted by atomic mass is 35.5. The van der Waals surface area contributed by atoms with Crippen molar-refractivity contribution in [1.82, 2.24) is 10.3 Å². The van der Waals surface area contributed by atoms with E-state index in [9.17, 15) is 19.4 Å². The summed E-state index contributed by atoms with van der Waals surface area (Å²) in [4.78, 5) is 16.3. The predicted octanol–water partition coefficient (Wildman–Crippen LogP) is 1.95. The first kappa shape index (κ1) is 21.1. The van der Waals surface area contributed by atoms with Crippen molar-refractivity contribution in [3.8, 4) is 5.75 Å². The van der Waals surface area contributed by atoms with Crippen LogP contribution in [-0.4, -0.2) is 46.5 Å². The van der Waals surface area contributed by atoms with E-state index in [0.717, 1.165) is 0 Å². The molecule has 0 aliphatic heterocycles. The van der Waals surface area contributed by atoms with E-state index in [0.29, 0.717) is 24.2 Å². The van der Waals surface area contributed by atoms with Gasteiger partial charge in [-0.3, -0.25) is 9.78 Å². The Bertz CT molecular complexity index is 735. The summed E-state index contributed by atoms with van der Waals surface area (Å²) in [5.74, 6) is -0.181. The first-order chi connectivity index (χ1) is 12.5. The Morgan fingerprint density at radius 1 is 1.22 bits per heavy atom. The number of ether oxygens (including phenoxy) is 1. The van der Waals surface area contributed by atoms with Crippen molar-refractivity contribution in [1.29, 1.82) is 0 Å². The number of benzene rings is 1. The first-order valence-corrected chi connectivity index (χ1v) is 8.40. The molecule has 0 spiro atoms. The van der Waals surface area contributed by atoms with Crippen LogP contribution in [0.5, 0.6) is 5.75 Å². The van der Waals surface area contributed by atoms with E-state index >= 15 is 0 Å². The van der Waals surface area contributed by atoms with Crippen LogP contribution in [0.2, 0.25) is 0 Å². The summed E-state index contributed by atoms with van der Waals surface area (Å²) in [5, 5.41) is 22.7. The SMILES string of the molecule is Cl.O=C(NCC1(COc2cccnc2)C[C@@H](O)[C@@H](O)C1)c1ccc(F)cc1. The zero-order valence-corrected chi connectivity index (χ0v) is 15.4. The van der Waals surface area contributed by atoms with Gasteiger partial charge in [0.1, 0.15) is 11.6 Å². The molecule has 8 heteroatoms. The summed E-state index contributed by atoms with van der Waals surface area (Å²) in [6.07, 6.45) is 2.09. The lowest BCUT2D eigenvalue weighted by molar-refractivity contribution is 0.0438. The van der Waals surface area contributed by atoms with Crippen molar-refractivity contribution in [3.05, 3.63) is 60.2 Å². The van der Waals surface area contributed by atoms with E-state index in [1.807, 2.05) is 0 Å². The summed E-state index contributed by atoms with van der Waals surface area (Å²) >= 11 is 0. The van der Waals surface area contributed by atoms with Gasteiger partial charge in [0.15, 0.2) is 0 Å². The molecule has 1 amide bonds. The number of carbonyl (C=O) groups is 1. The second-order valence-electron chi connectivity index (χ2n) is 6.71. The first-order valence-electron chi connectivity index (χ1n) is 8.40. The monoisotopic (exact) mass is 396 g/mol. The van der Waals surface area contributed by atoms with Crippen LogP contribution >= 0.6 is 12.4 Å². The minimum absolute atomic E-state index is 0. The molecule has 3 atom stereocenters. The number of hydrogen-bond acceptors (Lipinski definition) is 5. The minimum atomic E-state index is -0.866. The molecular weight excluding hydrogens is 375 g/mol. The summed E-state index contributed by atoms with van der Waals surface area (Å²) in [6.45, 7) is 0.439. The zero-order valence-electron chi connectivity index (χ0n) is 14.5. The maximum atomic E-state index is 13.0. The molecular formula is C19H22ClFN2O4. The maximum Gasteiger partial charge on any atom is 0.251 e. The van der Waals surface area contributed by atoms with Crippen LogP contribution in [0.1, 0.15) is 23.2 Å². The topological polar surface area (TPSA) is 91.7 Å². The Hall–Kier alpha value is -2.22. The number of nitrogens with zero attached hydrogens (tertiary/aromatic N) is 1. The third kappa shape index (κ3) is 5.38. The molecule has 1 saturated carbocycles. The van der Waals surface area contributed by atoms with Gasteiger partial charge in [0.2, 0.25) is 0 Å². The Morgan fingerprint density at radius 2 is 1.89 bits per heavy atom. The number of amides is 1. The third-order valence-corrected chi connectivity index (χ3v) is 4.64. The van der Waals surface area contributed by atoms with Gasteiger partial charge in [-0.2, -0.15) is 0 Å². The van der Waals surface area contributed by atoms with Crippen LogP contribution in [0, 0.1) is 11.2 Å². The molecule has 2 aromatic rings. The highest BCUT2D eigenvalue weighted by Gasteiger charge is 2.45. The van der Waals surface area contributed by atoms with Crippen molar-refractivity contribution in [3.63, 3.8) is 0 Å². The van der Waals surface area contributed by atoms with Crippen LogP contribution in [0.4, 0.5) is 4.39 Å². The predicted molar refractivity (Wildman–Crippen MR) is 99.4 cm³/mol. The highest BCUT2D eigenvalue weighted by molar-refractivity contribution is 5.94. The zero-order chi connectivity index (χ0) is 18.6.